The van der Waals surface area contributed by atoms with E-state index >= 15 is 0 Å². The van der Waals surface area contributed by atoms with Crippen LogP contribution in [0, 0.1) is 12.8 Å². The van der Waals surface area contributed by atoms with E-state index in [2.05, 4.69) is 28.4 Å². The number of hydrogen-bond acceptors (Lipinski definition) is 4. The van der Waals surface area contributed by atoms with Crippen molar-refractivity contribution in [2.24, 2.45) is 5.92 Å². The molecule has 27 heavy (non-hydrogen) atoms. The average Bonchev–Trinajstić information content (AvgIpc) is 2.67. The summed E-state index contributed by atoms with van der Waals surface area (Å²) < 4.78 is 26.6. The Morgan fingerprint density at radius 1 is 1.19 bits per heavy atom. The van der Waals surface area contributed by atoms with Gasteiger partial charge in [0.25, 0.3) is 0 Å². The number of rotatable bonds is 6. The van der Waals surface area contributed by atoms with Crippen molar-refractivity contribution in [3.8, 4) is 0 Å². The highest BCUT2D eigenvalue weighted by atomic mass is 32.2. The third-order valence-electron chi connectivity index (χ3n) is 5.28. The molecule has 7 heteroatoms. The number of carbonyl (C=O) groups is 1. The monoisotopic (exact) mass is 391 g/mol. The van der Waals surface area contributed by atoms with E-state index in [0.717, 1.165) is 24.9 Å². The number of anilines is 1. The third kappa shape index (κ3) is 5.56. The van der Waals surface area contributed by atoms with E-state index in [1.807, 2.05) is 25.1 Å². The Morgan fingerprint density at radius 2 is 1.96 bits per heavy atom. The van der Waals surface area contributed by atoms with Crippen molar-refractivity contribution in [3.63, 3.8) is 0 Å². The SMILES string of the molecule is Cc1cccc(N2CCN(S(=O)(=O)CC(=O)NCC3CC=CCC3)CC2)c1. The van der Waals surface area contributed by atoms with Crippen LogP contribution in [0.2, 0.25) is 0 Å². The molecule has 0 spiro atoms. The van der Waals surface area contributed by atoms with Crippen LogP contribution in [0.15, 0.2) is 36.4 Å². The Labute approximate surface area is 162 Å². The average molecular weight is 392 g/mol. The highest BCUT2D eigenvalue weighted by Crippen LogP contribution is 2.19. The molecule has 1 atom stereocenters. The summed E-state index contributed by atoms with van der Waals surface area (Å²) in [5.41, 5.74) is 2.30. The molecule has 2 aliphatic rings. The predicted octanol–water partition coefficient (Wildman–Crippen LogP) is 1.92. The highest BCUT2D eigenvalue weighted by molar-refractivity contribution is 7.89. The maximum absolute atomic E-state index is 12.6. The fourth-order valence-corrected chi connectivity index (χ4v) is 4.99. The van der Waals surface area contributed by atoms with Gasteiger partial charge in [0.1, 0.15) is 5.75 Å². The van der Waals surface area contributed by atoms with Crippen molar-refractivity contribution in [2.45, 2.75) is 26.2 Å². The van der Waals surface area contributed by atoms with Gasteiger partial charge in [0.05, 0.1) is 0 Å². The molecule has 6 nitrogen and oxygen atoms in total. The fraction of sp³-hybridized carbons (Fsp3) is 0.550. The Kier molecular flexibility index (Phi) is 6.55. The molecule has 1 unspecified atom stereocenters. The molecule has 1 aromatic rings. The lowest BCUT2D eigenvalue weighted by Gasteiger charge is -2.35. The number of nitrogens with one attached hydrogen (secondary N) is 1. The minimum Gasteiger partial charge on any atom is -0.369 e. The molecule has 0 saturated carbocycles. The molecule has 1 saturated heterocycles. The lowest BCUT2D eigenvalue weighted by Crippen LogP contribution is -2.50. The quantitative estimate of drug-likeness (QED) is 0.752. The van der Waals surface area contributed by atoms with Crippen LogP contribution in [-0.2, 0) is 14.8 Å². The molecular weight excluding hydrogens is 362 g/mol. The number of sulfonamides is 1. The topological polar surface area (TPSA) is 69.7 Å². The maximum Gasteiger partial charge on any atom is 0.236 e. The summed E-state index contributed by atoms with van der Waals surface area (Å²) in [6.07, 6.45) is 7.31. The third-order valence-corrected chi connectivity index (χ3v) is 7.06. The zero-order valence-electron chi connectivity index (χ0n) is 15.9. The number of nitrogens with zero attached hydrogens (tertiary/aromatic N) is 2. The zero-order valence-corrected chi connectivity index (χ0v) is 16.7. The number of aryl methyl sites for hydroxylation is 1. The number of amides is 1. The molecule has 1 heterocycles. The van der Waals surface area contributed by atoms with Gasteiger partial charge in [-0.25, -0.2) is 8.42 Å². The first kappa shape index (κ1) is 19.9. The van der Waals surface area contributed by atoms with E-state index in [1.165, 1.54) is 9.87 Å². The van der Waals surface area contributed by atoms with Gasteiger partial charge in [-0.15, -0.1) is 0 Å². The molecule has 1 N–H and O–H groups in total. The summed E-state index contributed by atoms with van der Waals surface area (Å²) >= 11 is 0. The first-order chi connectivity index (χ1) is 12.9. The van der Waals surface area contributed by atoms with Gasteiger partial charge in [0.2, 0.25) is 15.9 Å². The smallest absolute Gasteiger partial charge is 0.236 e. The van der Waals surface area contributed by atoms with E-state index in [9.17, 15) is 13.2 Å². The van der Waals surface area contributed by atoms with E-state index in [4.69, 9.17) is 0 Å². The molecule has 148 valence electrons. The number of allylic oxidation sites excluding steroid dienone is 2. The van der Waals surface area contributed by atoms with Crippen molar-refractivity contribution in [3.05, 3.63) is 42.0 Å². The second-order valence-electron chi connectivity index (χ2n) is 7.44. The molecule has 0 radical (unpaired) electrons. The van der Waals surface area contributed by atoms with Gasteiger partial charge in [0, 0.05) is 38.4 Å². The summed E-state index contributed by atoms with van der Waals surface area (Å²) in [7, 11) is -3.57. The largest absolute Gasteiger partial charge is 0.369 e. The van der Waals surface area contributed by atoms with Crippen molar-refractivity contribution in [1.82, 2.24) is 9.62 Å². The number of hydrogen-bond donors (Lipinski definition) is 1. The second-order valence-corrected chi connectivity index (χ2v) is 9.40. The van der Waals surface area contributed by atoms with Crippen LogP contribution >= 0.6 is 0 Å². The zero-order chi connectivity index (χ0) is 19.3. The van der Waals surface area contributed by atoms with Crippen molar-refractivity contribution in [1.29, 1.82) is 0 Å². The maximum atomic E-state index is 12.6. The predicted molar refractivity (Wildman–Crippen MR) is 108 cm³/mol. The van der Waals surface area contributed by atoms with Crippen LogP contribution < -0.4 is 10.2 Å². The number of piperazine rings is 1. The van der Waals surface area contributed by atoms with Gasteiger partial charge in [0.15, 0.2) is 0 Å². The van der Waals surface area contributed by atoms with E-state index in [0.29, 0.717) is 38.6 Å². The molecule has 0 bridgehead atoms. The van der Waals surface area contributed by atoms with Crippen LogP contribution in [0.1, 0.15) is 24.8 Å². The van der Waals surface area contributed by atoms with Gasteiger partial charge < -0.3 is 10.2 Å². The summed E-state index contributed by atoms with van der Waals surface area (Å²) in [5.74, 6) is -0.440. The van der Waals surface area contributed by atoms with Crippen molar-refractivity contribution in [2.75, 3.05) is 43.4 Å². The van der Waals surface area contributed by atoms with Crippen LogP contribution in [0.3, 0.4) is 0 Å². The molecule has 3 rings (SSSR count). The summed E-state index contributed by atoms with van der Waals surface area (Å²) in [6.45, 7) is 4.71. The lowest BCUT2D eigenvalue weighted by atomic mass is 9.94. The van der Waals surface area contributed by atoms with Gasteiger partial charge >= 0.3 is 0 Å². The van der Waals surface area contributed by atoms with Crippen LogP contribution in [0.5, 0.6) is 0 Å². The van der Waals surface area contributed by atoms with E-state index in [1.54, 1.807) is 0 Å². The molecule has 1 aliphatic heterocycles. The molecule has 1 aliphatic carbocycles. The van der Waals surface area contributed by atoms with E-state index < -0.39 is 21.7 Å². The Morgan fingerprint density at radius 3 is 2.63 bits per heavy atom. The molecule has 1 fully saturated rings. The summed E-state index contributed by atoms with van der Waals surface area (Å²) in [6, 6.07) is 8.22. The van der Waals surface area contributed by atoms with Gasteiger partial charge in [-0.1, -0.05) is 24.3 Å². The van der Waals surface area contributed by atoms with Crippen molar-refractivity contribution < 1.29 is 13.2 Å². The molecule has 0 aromatic heterocycles. The minimum absolute atomic E-state index is 0.398. The minimum atomic E-state index is -3.57. The first-order valence-corrected chi connectivity index (χ1v) is 11.3. The molecule has 1 aromatic carbocycles. The standard InChI is InChI=1S/C20H29N3O3S/c1-17-6-5-9-19(14-17)22-10-12-23(13-11-22)27(25,26)16-20(24)21-15-18-7-3-2-4-8-18/h2-3,5-6,9,14,18H,4,7-8,10-13,15-16H2,1H3,(H,21,24). The highest BCUT2D eigenvalue weighted by Gasteiger charge is 2.29. The Hall–Kier alpha value is -1.86. The second kappa shape index (κ2) is 8.89. The number of carbonyl (C=O) groups excluding carboxylic acids is 1. The van der Waals surface area contributed by atoms with Crippen LogP contribution in [0.25, 0.3) is 0 Å². The van der Waals surface area contributed by atoms with Gasteiger partial charge in [-0.3, -0.25) is 4.79 Å². The Balaban J connectivity index is 1.47. The molecule has 1 amide bonds. The van der Waals surface area contributed by atoms with Gasteiger partial charge in [-0.2, -0.15) is 4.31 Å². The van der Waals surface area contributed by atoms with Crippen LogP contribution in [0.4, 0.5) is 5.69 Å². The summed E-state index contributed by atoms with van der Waals surface area (Å²) in [4.78, 5) is 14.3. The molecular formula is C20H29N3O3S. The van der Waals surface area contributed by atoms with Crippen molar-refractivity contribution >= 4 is 21.6 Å². The lowest BCUT2D eigenvalue weighted by molar-refractivity contribution is -0.118. The fourth-order valence-electron chi connectivity index (χ4n) is 3.66. The Bertz CT molecular complexity index is 783. The first-order valence-electron chi connectivity index (χ1n) is 9.65. The number of benzene rings is 1. The summed E-state index contributed by atoms with van der Waals surface area (Å²) in [5, 5.41) is 2.80. The normalized spacial score (nSPS) is 21.2. The van der Waals surface area contributed by atoms with Gasteiger partial charge in [-0.05, 0) is 49.8 Å². The van der Waals surface area contributed by atoms with Crippen LogP contribution in [-0.4, -0.2) is 57.1 Å². The van der Waals surface area contributed by atoms with E-state index in [-0.39, 0.29) is 0 Å².